The van der Waals surface area contributed by atoms with E-state index < -0.39 is 11.6 Å². The molecule has 106 valence electrons. The Hall–Kier alpha value is -2.24. The summed E-state index contributed by atoms with van der Waals surface area (Å²) < 4.78 is 31.6. The third-order valence-corrected chi connectivity index (χ3v) is 2.57. The summed E-state index contributed by atoms with van der Waals surface area (Å²) in [5.41, 5.74) is 0.362. The molecular formula is C14H15F2N3O. The predicted molar refractivity (Wildman–Crippen MR) is 71.5 cm³/mol. The minimum atomic E-state index is -0.594. The highest BCUT2D eigenvalue weighted by Crippen LogP contribution is 2.14. The van der Waals surface area contributed by atoms with E-state index in [-0.39, 0.29) is 6.54 Å². The number of anilines is 1. The number of aromatic nitrogens is 2. The summed E-state index contributed by atoms with van der Waals surface area (Å²) >= 11 is 0. The van der Waals surface area contributed by atoms with Gasteiger partial charge in [0.25, 0.3) is 0 Å². The summed E-state index contributed by atoms with van der Waals surface area (Å²) in [6, 6.07) is 5.10. The van der Waals surface area contributed by atoms with E-state index >= 15 is 0 Å². The van der Waals surface area contributed by atoms with Crippen molar-refractivity contribution in [3.05, 3.63) is 47.8 Å². The Balaban J connectivity index is 1.99. The van der Waals surface area contributed by atoms with E-state index in [1.807, 2.05) is 6.92 Å². The Morgan fingerprint density at radius 2 is 2.05 bits per heavy atom. The van der Waals surface area contributed by atoms with Gasteiger partial charge in [-0.1, -0.05) is 13.0 Å². The molecule has 0 aliphatic rings. The lowest BCUT2D eigenvalue weighted by Crippen LogP contribution is -2.05. The van der Waals surface area contributed by atoms with Crippen molar-refractivity contribution in [3.63, 3.8) is 0 Å². The Morgan fingerprint density at radius 3 is 2.80 bits per heavy atom. The van der Waals surface area contributed by atoms with Crippen molar-refractivity contribution in [1.82, 2.24) is 9.97 Å². The van der Waals surface area contributed by atoms with Crippen molar-refractivity contribution in [2.75, 3.05) is 11.9 Å². The van der Waals surface area contributed by atoms with Crippen LogP contribution >= 0.6 is 0 Å². The van der Waals surface area contributed by atoms with Crippen molar-refractivity contribution in [3.8, 4) is 5.88 Å². The highest BCUT2D eigenvalue weighted by Gasteiger charge is 2.05. The van der Waals surface area contributed by atoms with Gasteiger partial charge in [0.1, 0.15) is 23.8 Å². The third kappa shape index (κ3) is 3.88. The molecule has 0 fully saturated rings. The molecule has 1 aromatic carbocycles. The normalized spacial score (nSPS) is 10.3. The Kier molecular flexibility index (Phi) is 4.81. The fourth-order valence-corrected chi connectivity index (χ4v) is 1.57. The summed E-state index contributed by atoms with van der Waals surface area (Å²) in [5, 5.41) is 2.94. The zero-order valence-electron chi connectivity index (χ0n) is 11.1. The molecule has 0 saturated heterocycles. The molecule has 0 unspecified atom stereocenters. The van der Waals surface area contributed by atoms with Crippen LogP contribution < -0.4 is 10.1 Å². The van der Waals surface area contributed by atoms with E-state index in [4.69, 9.17) is 4.74 Å². The molecule has 0 spiro atoms. The number of benzene rings is 1. The SMILES string of the molecule is CCCOc1cc(NCc2ccc(F)cc2F)ncn1. The molecule has 0 aliphatic carbocycles. The van der Waals surface area contributed by atoms with Crippen LogP contribution in [-0.4, -0.2) is 16.6 Å². The quantitative estimate of drug-likeness (QED) is 0.882. The topological polar surface area (TPSA) is 47.0 Å². The van der Waals surface area contributed by atoms with Gasteiger partial charge >= 0.3 is 0 Å². The van der Waals surface area contributed by atoms with Crippen LogP contribution in [0.15, 0.2) is 30.6 Å². The van der Waals surface area contributed by atoms with E-state index in [0.29, 0.717) is 23.9 Å². The summed E-state index contributed by atoms with van der Waals surface area (Å²) in [6.45, 7) is 2.77. The van der Waals surface area contributed by atoms with Crippen LogP contribution in [0.5, 0.6) is 5.88 Å². The van der Waals surface area contributed by atoms with Gasteiger partial charge in [0.2, 0.25) is 5.88 Å². The van der Waals surface area contributed by atoms with Crippen LogP contribution in [0.3, 0.4) is 0 Å². The standard InChI is InChI=1S/C14H15F2N3O/c1-2-5-20-14-7-13(18-9-19-14)17-8-10-3-4-11(15)6-12(10)16/h3-4,6-7,9H,2,5,8H2,1H3,(H,17,18,19). The Labute approximate surface area is 115 Å². The molecule has 0 saturated carbocycles. The first-order valence-electron chi connectivity index (χ1n) is 6.31. The number of rotatable bonds is 6. The maximum absolute atomic E-state index is 13.5. The molecule has 0 amide bonds. The summed E-state index contributed by atoms with van der Waals surface area (Å²) in [4.78, 5) is 7.98. The van der Waals surface area contributed by atoms with Gasteiger partial charge in [-0.2, -0.15) is 0 Å². The fourth-order valence-electron chi connectivity index (χ4n) is 1.57. The minimum absolute atomic E-state index is 0.205. The van der Waals surface area contributed by atoms with Crippen LogP contribution in [0.25, 0.3) is 0 Å². The molecule has 2 rings (SSSR count). The maximum Gasteiger partial charge on any atom is 0.218 e. The number of nitrogens with one attached hydrogen (secondary N) is 1. The van der Waals surface area contributed by atoms with Crippen LogP contribution in [0.2, 0.25) is 0 Å². The molecule has 1 N–H and O–H groups in total. The average Bonchev–Trinajstić information content (AvgIpc) is 2.45. The van der Waals surface area contributed by atoms with Crippen LogP contribution in [0.4, 0.5) is 14.6 Å². The Bertz CT molecular complexity index is 578. The number of hydrogen-bond acceptors (Lipinski definition) is 4. The van der Waals surface area contributed by atoms with Crippen molar-refractivity contribution >= 4 is 5.82 Å². The largest absolute Gasteiger partial charge is 0.478 e. The highest BCUT2D eigenvalue weighted by atomic mass is 19.1. The molecule has 2 aromatic rings. The second kappa shape index (κ2) is 6.79. The number of hydrogen-bond donors (Lipinski definition) is 1. The van der Waals surface area contributed by atoms with Crippen LogP contribution in [0, 0.1) is 11.6 Å². The van der Waals surface area contributed by atoms with Crippen molar-refractivity contribution in [2.24, 2.45) is 0 Å². The molecule has 1 aromatic heterocycles. The smallest absolute Gasteiger partial charge is 0.218 e. The first kappa shape index (κ1) is 14.2. The maximum atomic E-state index is 13.5. The van der Waals surface area contributed by atoms with E-state index in [1.54, 1.807) is 6.07 Å². The number of ether oxygens (including phenoxy) is 1. The summed E-state index contributed by atoms with van der Waals surface area (Å²) in [5.74, 6) is -0.198. The van der Waals surface area contributed by atoms with Gasteiger partial charge < -0.3 is 10.1 Å². The molecule has 6 heteroatoms. The predicted octanol–water partition coefficient (Wildman–Crippen LogP) is 3.16. The first-order chi connectivity index (χ1) is 9.69. The van der Waals surface area contributed by atoms with Gasteiger partial charge in [-0.3, -0.25) is 0 Å². The van der Waals surface area contributed by atoms with E-state index in [1.165, 1.54) is 18.5 Å². The zero-order chi connectivity index (χ0) is 14.4. The number of halogens is 2. The van der Waals surface area contributed by atoms with Gasteiger partial charge in [-0.15, -0.1) is 0 Å². The highest BCUT2D eigenvalue weighted by molar-refractivity contribution is 5.38. The third-order valence-electron chi connectivity index (χ3n) is 2.57. The molecule has 1 heterocycles. The van der Waals surface area contributed by atoms with Gasteiger partial charge in [0.05, 0.1) is 6.61 Å². The van der Waals surface area contributed by atoms with E-state index in [0.717, 1.165) is 12.5 Å². The molecular weight excluding hydrogens is 264 g/mol. The van der Waals surface area contributed by atoms with Crippen LogP contribution in [-0.2, 0) is 6.54 Å². The summed E-state index contributed by atoms with van der Waals surface area (Å²) in [7, 11) is 0. The van der Waals surface area contributed by atoms with Crippen LogP contribution in [0.1, 0.15) is 18.9 Å². The lowest BCUT2D eigenvalue weighted by atomic mass is 10.2. The van der Waals surface area contributed by atoms with Gasteiger partial charge in [0, 0.05) is 24.2 Å². The zero-order valence-corrected chi connectivity index (χ0v) is 11.1. The monoisotopic (exact) mass is 279 g/mol. The molecule has 0 aliphatic heterocycles. The second-order valence-corrected chi connectivity index (χ2v) is 4.18. The second-order valence-electron chi connectivity index (χ2n) is 4.18. The van der Waals surface area contributed by atoms with Gasteiger partial charge in [-0.05, 0) is 12.5 Å². The molecule has 0 bridgehead atoms. The van der Waals surface area contributed by atoms with Gasteiger partial charge in [0.15, 0.2) is 0 Å². The van der Waals surface area contributed by atoms with E-state index in [2.05, 4.69) is 15.3 Å². The lowest BCUT2D eigenvalue weighted by molar-refractivity contribution is 0.305. The van der Waals surface area contributed by atoms with Gasteiger partial charge in [-0.25, -0.2) is 18.7 Å². The Morgan fingerprint density at radius 1 is 1.20 bits per heavy atom. The first-order valence-corrected chi connectivity index (χ1v) is 6.31. The van der Waals surface area contributed by atoms with Crippen molar-refractivity contribution in [2.45, 2.75) is 19.9 Å². The number of nitrogens with zero attached hydrogens (tertiary/aromatic N) is 2. The summed E-state index contributed by atoms with van der Waals surface area (Å²) in [6.07, 6.45) is 2.25. The molecule has 20 heavy (non-hydrogen) atoms. The average molecular weight is 279 g/mol. The van der Waals surface area contributed by atoms with E-state index in [9.17, 15) is 8.78 Å². The van der Waals surface area contributed by atoms with Crippen molar-refractivity contribution in [1.29, 1.82) is 0 Å². The minimum Gasteiger partial charge on any atom is -0.478 e. The lowest BCUT2D eigenvalue weighted by Gasteiger charge is -2.08. The fraction of sp³-hybridized carbons (Fsp3) is 0.286. The molecule has 0 radical (unpaired) electrons. The molecule has 0 atom stereocenters. The van der Waals surface area contributed by atoms with Crippen molar-refractivity contribution < 1.29 is 13.5 Å². The molecule has 4 nitrogen and oxygen atoms in total.